The Hall–Kier alpha value is -4.24. The van der Waals surface area contributed by atoms with Crippen molar-refractivity contribution >= 4 is 47.3 Å². The lowest BCUT2D eigenvalue weighted by Gasteiger charge is -2.32. The highest BCUT2D eigenvalue weighted by Gasteiger charge is 2.43. The van der Waals surface area contributed by atoms with E-state index in [4.69, 9.17) is 0 Å². The lowest BCUT2D eigenvalue weighted by Crippen LogP contribution is -2.53. The molecule has 4 saturated carbocycles. The van der Waals surface area contributed by atoms with Crippen LogP contribution in [0.3, 0.4) is 0 Å². The number of carbonyl (C=O) groups excluding carboxylic acids is 8. The smallest absolute Gasteiger partial charge is 0.245 e. The molecule has 0 aromatic carbocycles. The van der Waals surface area contributed by atoms with Gasteiger partial charge in [-0.05, 0) is 126 Å². The number of fused-ring (bicyclic) bond motifs is 8. The Bertz CT molecular complexity index is 1570. The van der Waals surface area contributed by atoms with Crippen LogP contribution in [-0.4, -0.2) is 143 Å². The Balaban J connectivity index is 1.39. The number of rotatable bonds is 8. The van der Waals surface area contributed by atoms with E-state index in [0.717, 1.165) is 0 Å². The predicted octanol–water partition coefficient (Wildman–Crippen LogP) is 4.63. The molecule has 0 aromatic rings. The molecule has 0 spiro atoms. The van der Waals surface area contributed by atoms with Gasteiger partial charge in [-0.1, -0.05) is 55.4 Å². The lowest BCUT2D eigenvalue weighted by atomic mass is 9.98. The summed E-state index contributed by atoms with van der Waals surface area (Å²) in [4.78, 5) is 120. The van der Waals surface area contributed by atoms with Crippen LogP contribution in [0.4, 0.5) is 0 Å². The molecule has 5 rings (SSSR count). The van der Waals surface area contributed by atoms with Gasteiger partial charge in [0.15, 0.2) is 0 Å². The zero-order valence-corrected chi connectivity index (χ0v) is 43.6. The molecule has 0 radical (unpaired) electrons. The van der Waals surface area contributed by atoms with E-state index in [-0.39, 0.29) is 95.1 Å². The number of hydrogen-bond donors (Lipinski definition) is 4. The van der Waals surface area contributed by atoms with Crippen molar-refractivity contribution in [3.05, 3.63) is 0 Å². The zero-order chi connectivity index (χ0) is 50.3. The standard InChI is InChI=1S/C52H88N8O8/c1-29(2)21-41-49(65)57(9)37-17-14-34(26-37)46(62)54-43(23-31(5)6)51(67)59(11)39-19-16-36(28-39)48(64)56-44(24-32(7)8)52(68)60(12)40-20-15-35(27-40)47(63)55-42(22-30(3)4)50(66)58(10)38-18-13-33(25-38)45(61)53-41/h29-44H,13-28H2,1-12H3,(H,53,61)(H,54,62)(H,55,63)(H,56,64)/t33?,34?,35?,36?,37?,38?,39?,40?,41-,42-,43-,44-/m1/s1. The maximum absolute atomic E-state index is 14.2. The molecule has 0 aromatic heterocycles. The molecule has 1 heterocycles. The summed E-state index contributed by atoms with van der Waals surface area (Å²) in [5.74, 6) is -2.73. The molecule has 1 aliphatic heterocycles. The molecule has 8 amide bonds. The number of amides is 8. The maximum atomic E-state index is 14.2. The summed E-state index contributed by atoms with van der Waals surface area (Å²) < 4.78 is 0. The molecule has 4 N–H and O–H groups in total. The van der Waals surface area contributed by atoms with Crippen LogP contribution in [0.25, 0.3) is 0 Å². The second-order valence-electron chi connectivity index (χ2n) is 23.2. The number of carbonyl (C=O) groups is 8. The second-order valence-corrected chi connectivity index (χ2v) is 23.2. The molecule has 8 unspecified atom stereocenters. The van der Waals surface area contributed by atoms with Gasteiger partial charge in [-0.2, -0.15) is 0 Å². The van der Waals surface area contributed by atoms with Crippen molar-refractivity contribution in [1.29, 1.82) is 0 Å². The van der Waals surface area contributed by atoms with Crippen LogP contribution >= 0.6 is 0 Å². The quantitative estimate of drug-likeness (QED) is 0.270. The van der Waals surface area contributed by atoms with Gasteiger partial charge in [0.2, 0.25) is 47.3 Å². The number of nitrogens with one attached hydrogen (secondary N) is 4. The van der Waals surface area contributed by atoms with Crippen molar-refractivity contribution in [2.45, 2.75) is 206 Å². The minimum absolute atomic E-state index is 0.117. The van der Waals surface area contributed by atoms with Crippen molar-refractivity contribution < 1.29 is 38.4 Å². The van der Waals surface area contributed by atoms with Crippen LogP contribution in [0, 0.1) is 47.3 Å². The Morgan fingerprint density at radius 1 is 0.338 bits per heavy atom. The number of likely N-dealkylation sites (N-methyl/N-ethyl adjacent to an activating group) is 4. The monoisotopic (exact) mass is 953 g/mol. The van der Waals surface area contributed by atoms with Gasteiger partial charge in [0.05, 0.1) is 0 Å². The Labute approximate surface area is 407 Å². The fourth-order valence-corrected chi connectivity index (χ4v) is 11.8. The third-order valence-corrected chi connectivity index (χ3v) is 16.0. The molecule has 8 bridgehead atoms. The summed E-state index contributed by atoms with van der Waals surface area (Å²) in [6.07, 6.45) is 8.22. The summed E-state index contributed by atoms with van der Waals surface area (Å²) >= 11 is 0. The molecular weight excluding hydrogens is 865 g/mol. The summed E-state index contributed by atoms with van der Waals surface area (Å²) in [6.45, 7) is 16.1. The van der Waals surface area contributed by atoms with Gasteiger partial charge in [-0.3, -0.25) is 38.4 Å². The van der Waals surface area contributed by atoms with E-state index in [2.05, 4.69) is 21.3 Å². The third kappa shape index (κ3) is 14.0. The Kier molecular flexibility index (Phi) is 19.3. The first-order valence-corrected chi connectivity index (χ1v) is 26.2. The van der Waals surface area contributed by atoms with E-state index >= 15 is 0 Å². The largest absolute Gasteiger partial charge is 0.344 e. The molecule has 1 saturated heterocycles. The maximum Gasteiger partial charge on any atom is 0.245 e. The summed E-state index contributed by atoms with van der Waals surface area (Å²) in [6, 6.07) is -3.89. The molecule has 16 nitrogen and oxygen atoms in total. The van der Waals surface area contributed by atoms with Crippen LogP contribution in [0.5, 0.6) is 0 Å². The van der Waals surface area contributed by atoms with Crippen molar-refractivity contribution in [2.24, 2.45) is 47.3 Å². The molecule has 16 heteroatoms. The number of hydrogen-bond acceptors (Lipinski definition) is 8. The first-order chi connectivity index (χ1) is 31.9. The fourth-order valence-electron chi connectivity index (χ4n) is 11.8. The summed E-state index contributed by atoms with van der Waals surface area (Å²) in [5.41, 5.74) is 0. The van der Waals surface area contributed by atoms with Crippen LogP contribution < -0.4 is 21.3 Å². The first-order valence-electron chi connectivity index (χ1n) is 26.2. The average Bonchev–Trinajstić information content (AvgIpc) is 4.12. The van der Waals surface area contributed by atoms with E-state index in [1.165, 1.54) is 0 Å². The highest BCUT2D eigenvalue weighted by molar-refractivity contribution is 5.92. The van der Waals surface area contributed by atoms with Gasteiger partial charge < -0.3 is 40.9 Å². The van der Waals surface area contributed by atoms with Gasteiger partial charge in [0.1, 0.15) is 24.2 Å². The van der Waals surface area contributed by atoms with Crippen molar-refractivity contribution in [3.8, 4) is 0 Å². The molecule has 384 valence electrons. The van der Waals surface area contributed by atoms with Crippen LogP contribution in [-0.2, 0) is 38.4 Å². The molecule has 4 aliphatic carbocycles. The minimum Gasteiger partial charge on any atom is -0.344 e. The second kappa shape index (κ2) is 24.1. The Morgan fingerprint density at radius 2 is 0.515 bits per heavy atom. The van der Waals surface area contributed by atoms with Crippen molar-refractivity contribution in [3.63, 3.8) is 0 Å². The first kappa shape index (κ1) is 54.7. The highest BCUT2D eigenvalue weighted by Crippen LogP contribution is 2.35. The van der Waals surface area contributed by atoms with E-state index in [9.17, 15) is 38.4 Å². The number of nitrogens with zero attached hydrogens (tertiary/aromatic N) is 4. The van der Waals surface area contributed by atoms with Gasteiger partial charge in [0.25, 0.3) is 0 Å². The van der Waals surface area contributed by atoms with Crippen molar-refractivity contribution in [1.82, 2.24) is 40.9 Å². The van der Waals surface area contributed by atoms with Gasteiger partial charge >= 0.3 is 0 Å². The van der Waals surface area contributed by atoms with Gasteiger partial charge in [-0.15, -0.1) is 0 Å². The predicted molar refractivity (Wildman–Crippen MR) is 261 cm³/mol. The topological polar surface area (TPSA) is 198 Å². The SMILES string of the molecule is CC(C)C[C@H]1NC(=O)C2CCC(C2)N(C)C(=O)[C@@H](CC(C)C)NC(=O)C2CCC(C2)N(C)C(=O)[C@@H](CC(C)C)NC(=O)C2CCC(C2)N(C)C(=O)[C@@H](CC(C)C)NC(=O)C2CCC(C2)N(C)C1=O. The molecule has 5 aliphatic rings. The van der Waals surface area contributed by atoms with Crippen LogP contribution in [0.15, 0.2) is 0 Å². The van der Waals surface area contributed by atoms with Crippen LogP contribution in [0.1, 0.15) is 158 Å². The molecule has 5 fully saturated rings. The van der Waals surface area contributed by atoms with E-state index in [1.54, 1.807) is 47.8 Å². The van der Waals surface area contributed by atoms with E-state index < -0.39 is 47.8 Å². The molecule has 68 heavy (non-hydrogen) atoms. The Morgan fingerprint density at radius 3 is 0.676 bits per heavy atom. The highest BCUT2D eigenvalue weighted by atomic mass is 16.2. The minimum atomic E-state index is -0.752. The van der Waals surface area contributed by atoms with Gasteiger partial charge in [-0.25, -0.2) is 0 Å². The summed E-state index contributed by atoms with van der Waals surface area (Å²) in [7, 11) is 6.99. The molecular formula is C52H88N8O8. The third-order valence-electron chi connectivity index (χ3n) is 16.0. The summed E-state index contributed by atoms with van der Waals surface area (Å²) in [5, 5.41) is 12.4. The van der Waals surface area contributed by atoms with Crippen molar-refractivity contribution in [2.75, 3.05) is 28.2 Å². The average molecular weight is 953 g/mol. The zero-order valence-electron chi connectivity index (χ0n) is 43.6. The fraction of sp³-hybridized carbons (Fsp3) is 0.846. The van der Waals surface area contributed by atoms with E-state index in [0.29, 0.717) is 103 Å². The van der Waals surface area contributed by atoms with Crippen LogP contribution in [0.2, 0.25) is 0 Å². The molecule has 12 atom stereocenters. The normalized spacial score (nSPS) is 33.6. The lowest BCUT2D eigenvalue weighted by molar-refractivity contribution is -0.139. The van der Waals surface area contributed by atoms with E-state index in [1.807, 2.05) is 55.4 Å². The van der Waals surface area contributed by atoms with Gasteiger partial charge in [0, 0.05) is 76.0 Å².